The van der Waals surface area contributed by atoms with Crippen molar-refractivity contribution in [2.75, 3.05) is 26.5 Å². The number of nitrogens with zero attached hydrogens (tertiary/aromatic N) is 2. The summed E-state index contributed by atoms with van der Waals surface area (Å²) in [5.41, 5.74) is -0.629. The maximum atomic E-state index is 13.6. The Bertz CT molecular complexity index is 1190. The molecule has 0 atom stereocenters. The summed E-state index contributed by atoms with van der Waals surface area (Å²) in [5, 5.41) is 13.7. The number of halogens is 3. The number of thiophene rings is 1. The van der Waals surface area contributed by atoms with Gasteiger partial charge in [-0.05, 0) is 41.6 Å². The summed E-state index contributed by atoms with van der Waals surface area (Å²) in [5.74, 6) is 0.600. The van der Waals surface area contributed by atoms with Crippen LogP contribution in [0.2, 0.25) is 0 Å². The van der Waals surface area contributed by atoms with Crippen molar-refractivity contribution in [1.29, 1.82) is 5.26 Å². The summed E-state index contributed by atoms with van der Waals surface area (Å²) in [6, 6.07) is 11.2. The van der Waals surface area contributed by atoms with Gasteiger partial charge in [-0.25, -0.2) is 4.98 Å². The summed E-state index contributed by atoms with van der Waals surface area (Å²) in [6.07, 6.45) is -4.21. The lowest BCUT2D eigenvalue weighted by Crippen LogP contribution is -2.27. The lowest BCUT2D eigenvalue weighted by Gasteiger charge is -2.14. The fourth-order valence-corrected chi connectivity index (χ4v) is 4.59. The molecule has 0 fully saturated rings. The maximum Gasteiger partial charge on any atom is 0.417 e. The second kappa shape index (κ2) is 11.3. The molecule has 0 radical (unpaired) electrons. The Balaban J connectivity index is 1.68. The number of pyridine rings is 1. The molecule has 0 saturated carbocycles. The van der Waals surface area contributed by atoms with Crippen molar-refractivity contribution < 1.29 is 27.4 Å². The molecule has 1 amide bonds. The average Bonchev–Trinajstić information content (AvgIpc) is 3.36. The van der Waals surface area contributed by atoms with Crippen molar-refractivity contribution in [3.8, 4) is 28.1 Å². The Labute approximate surface area is 202 Å². The zero-order valence-corrected chi connectivity index (χ0v) is 19.9. The zero-order valence-electron chi connectivity index (χ0n) is 18.2. The van der Waals surface area contributed by atoms with Gasteiger partial charge in [-0.3, -0.25) is 4.79 Å². The highest BCUT2D eigenvalue weighted by molar-refractivity contribution is 8.00. The van der Waals surface area contributed by atoms with E-state index >= 15 is 0 Å². The number of hydrogen-bond acceptors (Lipinski definition) is 7. The fourth-order valence-electron chi connectivity index (χ4n) is 3.08. The van der Waals surface area contributed by atoms with E-state index in [0.717, 1.165) is 23.4 Å². The lowest BCUT2D eigenvalue weighted by molar-refractivity contribution is -0.138. The van der Waals surface area contributed by atoms with Crippen molar-refractivity contribution in [2.45, 2.75) is 17.6 Å². The normalized spacial score (nSPS) is 11.1. The summed E-state index contributed by atoms with van der Waals surface area (Å²) >= 11 is 2.04. The van der Waals surface area contributed by atoms with E-state index < -0.39 is 17.3 Å². The fraction of sp³-hybridized carbons (Fsp3) is 0.261. The van der Waals surface area contributed by atoms with Gasteiger partial charge in [-0.2, -0.15) is 18.4 Å². The minimum Gasteiger partial charge on any atom is -0.493 e. The second-order valence-electron chi connectivity index (χ2n) is 6.90. The standard InChI is InChI=1S/C23H20F3N3O3S2/c1-31-18-6-5-14(10-19(18)32-2)7-8-28-21(30)13-34-22-15(12-27)16(23(24,25)26)11-17(29-22)20-4-3-9-33-20/h3-6,9-11H,7-8,13H2,1-2H3,(H,28,30). The molecule has 34 heavy (non-hydrogen) atoms. The second-order valence-corrected chi connectivity index (χ2v) is 8.81. The molecule has 0 saturated heterocycles. The Kier molecular flexibility index (Phi) is 8.41. The van der Waals surface area contributed by atoms with Crippen molar-refractivity contribution in [3.63, 3.8) is 0 Å². The first-order chi connectivity index (χ1) is 16.3. The first-order valence-corrected chi connectivity index (χ1v) is 11.8. The van der Waals surface area contributed by atoms with Gasteiger partial charge in [0.25, 0.3) is 0 Å². The largest absolute Gasteiger partial charge is 0.493 e. The van der Waals surface area contributed by atoms with E-state index in [4.69, 9.17) is 9.47 Å². The number of nitriles is 1. The Morgan fingerprint density at radius 1 is 1.21 bits per heavy atom. The van der Waals surface area contributed by atoms with E-state index in [1.165, 1.54) is 25.6 Å². The third-order valence-corrected chi connectivity index (χ3v) is 6.57. The van der Waals surface area contributed by atoms with Crippen LogP contribution < -0.4 is 14.8 Å². The molecule has 6 nitrogen and oxygen atoms in total. The van der Waals surface area contributed by atoms with E-state index in [0.29, 0.717) is 29.3 Å². The third kappa shape index (κ3) is 6.21. The van der Waals surface area contributed by atoms with Gasteiger partial charge in [-0.1, -0.05) is 23.9 Å². The number of carbonyl (C=O) groups is 1. The number of alkyl halides is 3. The molecule has 0 aliphatic rings. The third-order valence-electron chi connectivity index (χ3n) is 4.70. The molecule has 1 aromatic carbocycles. The van der Waals surface area contributed by atoms with Gasteiger partial charge in [0.1, 0.15) is 11.1 Å². The summed E-state index contributed by atoms with van der Waals surface area (Å²) in [4.78, 5) is 17.1. The van der Waals surface area contributed by atoms with E-state index in [-0.39, 0.29) is 22.4 Å². The molecular formula is C23H20F3N3O3S2. The van der Waals surface area contributed by atoms with E-state index in [2.05, 4.69) is 10.3 Å². The van der Waals surface area contributed by atoms with Crippen LogP contribution in [0.15, 0.2) is 46.8 Å². The molecule has 0 bridgehead atoms. The smallest absolute Gasteiger partial charge is 0.417 e. The lowest BCUT2D eigenvalue weighted by atomic mass is 10.1. The van der Waals surface area contributed by atoms with E-state index in [9.17, 15) is 23.2 Å². The average molecular weight is 508 g/mol. The van der Waals surface area contributed by atoms with Gasteiger partial charge >= 0.3 is 6.18 Å². The van der Waals surface area contributed by atoms with Crippen LogP contribution in [0, 0.1) is 11.3 Å². The first kappa shape index (κ1) is 25.4. The maximum absolute atomic E-state index is 13.6. The van der Waals surface area contributed by atoms with Crippen molar-refractivity contribution in [3.05, 3.63) is 58.5 Å². The monoisotopic (exact) mass is 507 g/mol. The molecule has 3 aromatic rings. The highest BCUT2D eigenvalue weighted by atomic mass is 32.2. The number of benzene rings is 1. The van der Waals surface area contributed by atoms with Crippen molar-refractivity contribution in [2.24, 2.45) is 0 Å². The van der Waals surface area contributed by atoms with Gasteiger partial charge < -0.3 is 14.8 Å². The van der Waals surface area contributed by atoms with Crippen LogP contribution in [0.25, 0.3) is 10.6 Å². The van der Waals surface area contributed by atoms with E-state index in [1.54, 1.807) is 35.7 Å². The molecule has 3 rings (SSSR count). The van der Waals surface area contributed by atoms with Crippen LogP contribution in [0.3, 0.4) is 0 Å². The minimum atomic E-state index is -4.73. The molecule has 1 N–H and O–H groups in total. The predicted molar refractivity (Wildman–Crippen MR) is 124 cm³/mol. The van der Waals surface area contributed by atoms with Gasteiger partial charge in [0.05, 0.1) is 41.7 Å². The van der Waals surface area contributed by atoms with Gasteiger partial charge in [0, 0.05) is 6.54 Å². The Morgan fingerprint density at radius 3 is 2.59 bits per heavy atom. The van der Waals surface area contributed by atoms with Crippen molar-refractivity contribution >= 4 is 29.0 Å². The van der Waals surface area contributed by atoms with Crippen molar-refractivity contribution in [1.82, 2.24) is 10.3 Å². The molecule has 178 valence electrons. The van der Waals surface area contributed by atoms with Crippen LogP contribution in [0.1, 0.15) is 16.7 Å². The molecular weight excluding hydrogens is 487 g/mol. The van der Waals surface area contributed by atoms with Crippen LogP contribution in [0.4, 0.5) is 13.2 Å². The predicted octanol–water partition coefficient (Wildman–Crippen LogP) is 5.17. The van der Waals surface area contributed by atoms with Crippen LogP contribution in [0.5, 0.6) is 11.5 Å². The van der Waals surface area contributed by atoms with Crippen LogP contribution in [-0.4, -0.2) is 37.4 Å². The number of ether oxygens (including phenoxy) is 2. The number of carbonyl (C=O) groups excluding carboxylic acids is 1. The number of aromatic nitrogens is 1. The summed E-state index contributed by atoms with van der Waals surface area (Å²) in [7, 11) is 3.07. The first-order valence-electron chi connectivity index (χ1n) is 9.93. The Morgan fingerprint density at radius 2 is 1.97 bits per heavy atom. The van der Waals surface area contributed by atoms with E-state index in [1.807, 2.05) is 6.07 Å². The van der Waals surface area contributed by atoms with Crippen LogP contribution >= 0.6 is 23.1 Å². The number of nitrogens with one attached hydrogen (secondary N) is 1. The number of amides is 1. The quantitative estimate of drug-likeness (QED) is 0.403. The SMILES string of the molecule is COc1ccc(CCNC(=O)CSc2nc(-c3cccs3)cc(C(F)(F)F)c2C#N)cc1OC. The number of hydrogen-bond donors (Lipinski definition) is 1. The highest BCUT2D eigenvalue weighted by Gasteiger charge is 2.36. The van der Waals surface area contributed by atoms with Gasteiger partial charge in [0.15, 0.2) is 11.5 Å². The molecule has 2 heterocycles. The highest BCUT2D eigenvalue weighted by Crippen LogP contribution is 2.38. The minimum absolute atomic E-state index is 0.109. The van der Waals surface area contributed by atoms with Gasteiger partial charge in [-0.15, -0.1) is 11.3 Å². The molecule has 0 aliphatic heterocycles. The molecule has 0 unspecified atom stereocenters. The molecule has 2 aromatic heterocycles. The molecule has 0 aliphatic carbocycles. The topological polar surface area (TPSA) is 84.2 Å². The Hall–Kier alpha value is -3.23. The summed E-state index contributed by atoms with van der Waals surface area (Å²) < 4.78 is 51.2. The van der Waals surface area contributed by atoms with Gasteiger partial charge in [0.2, 0.25) is 5.91 Å². The zero-order chi connectivity index (χ0) is 24.7. The molecule has 11 heteroatoms. The van der Waals surface area contributed by atoms with Crippen LogP contribution in [-0.2, 0) is 17.4 Å². The number of methoxy groups -OCH3 is 2. The number of thioether (sulfide) groups is 1. The molecule has 0 spiro atoms. The summed E-state index contributed by atoms with van der Waals surface area (Å²) in [6.45, 7) is 0.316. The number of rotatable bonds is 9.